The van der Waals surface area contributed by atoms with Crippen molar-refractivity contribution in [1.82, 2.24) is 15.5 Å². The van der Waals surface area contributed by atoms with Crippen molar-refractivity contribution in [2.75, 3.05) is 19.7 Å². The largest absolute Gasteiger partial charge is 0.466 e. The van der Waals surface area contributed by atoms with Crippen molar-refractivity contribution < 1.29 is 28.7 Å². The Labute approximate surface area is 208 Å². The zero-order chi connectivity index (χ0) is 27.0. The topological polar surface area (TPSA) is 114 Å². The average Bonchev–Trinajstić information content (AvgIpc) is 2.69. The van der Waals surface area contributed by atoms with Crippen molar-refractivity contribution in [2.24, 2.45) is 0 Å². The van der Waals surface area contributed by atoms with Gasteiger partial charge in [-0.05, 0) is 79.0 Å². The lowest BCUT2D eigenvalue weighted by Gasteiger charge is -2.42. The molecule has 0 saturated heterocycles. The molecule has 1 aromatic rings. The van der Waals surface area contributed by atoms with Gasteiger partial charge in [0.25, 0.3) is 0 Å². The number of aryl methyl sites for hydroxylation is 2. The number of ether oxygens (including phenoxy) is 2. The number of carbonyl (C=O) groups is 4. The smallest absolute Gasteiger partial charge is 0.408 e. The molecule has 0 radical (unpaired) electrons. The van der Waals surface area contributed by atoms with Gasteiger partial charge in [0.1, 0.15) is 18.2 Å². The maximum Gasteiger partial charge on any atom is 0.408 e. The number of esters is 1. The highest BCUT2D eigenvalue weighted by Gasteiger charge is 2.39. The van der Waals surface area contributed by atoms with E-state index in [4.69, 9.17) is 9.47 Å². The third-order valence-electron chi connectivity index (χ3n) is 5.03. The minimum absolute atomic E-state index is 0.0166. The standard InChI is InChI=1S/C26H41N3O6/c1-10-34-20(31)14-15-27-23(32)22(21-17(2)12-11-13-18(21)3)29(25(4,5)6)19(30)16-28-24(33)35-26(7,8)9/h11-13,22H,10,14-16H2,1-9H3,(H,27,32)(H,28,33). The number of alkyl carbamates (subject to hydrolysis) is 1. The fourth-order valence-corrected chi connectivity index (χ4v) is 3.71. The van der Waals surface area contributed by atoms with Crippen LogP contribution in [0, 0.1) is 13.8 Å². The summed E-state index contributed by atoms with van der Waals surface area (Å²) in [5.74, 6) is -1.29. The van der Waals surface area contributed by atoms with Gasteiger partial charge in [-0.15, -0.1) is 0 Å². The molecular weight excluding hydrogens is 450 g/mol. The number of amides is 3. The highest BCUT2D eigenvalue weighted by Crippen LogP contribution is 2.33. The van der Waals surface area contributed by atoms with Crippen LogP contribution in [0.15, 0.2) is 18.2 Å². The Morgan fingerprint density at radius 3 is 2.03 bits per heavy atom. The van der Waals surface area contributed by atoms with Gasteiger partial charge in [0.15, 0.2) is 0 Å². The maximum atomic E-state index is 13.5. The molecule has 1 atom stereocenters. The van der Waals surface area contributed by atoms with Gasteiger partial charge < -0.3 is 25.0 Å². The number of rotatable bonds is 9. The molecule has 0 aliphatic rings. The summed E-state index contributed by atoms with van der Waals surface area (Å²) in [5, 5.41) is 5.28. The Hall–Kier alpha value is -3.10. The van der Waals surface area contributed by atoms with E-state index in [1.807, 2.05) is 52.8 Å². The minimum Gasteiger partial charge on any atom is -0.466 e. The van der Waals surface area contributed by atoms with Gasteiger partial charge in [0.05, 0.1) is 13.0 Å². The number of nitrogens with zero attached hydrogens (tertiary/aromatic N) is 1. The molecule has 0 aromatic heterocycles. The molecule has 1 unspecified atom stereocenters. The number of hydrogen-bond acceptors (Lipinski definition) is 6. The molecule has 0 heterocycles. The third-order valence-corrected chi connectivity index (χ3v) is 5.03. The lowest BCUT2D eigenvalue weighted by molar-refractivity contribution is -0.146. The van der Waals surface area contributed by atoms with Gasteiger partial charge in [0, 0.05) is 12.1 Å². The molecule has 0 fully saturated rings. The first-order valence-corrected chi connectivity index (χ1v) is 11.9. The monoisotopic (exact) mass is 491 g/mol. The lowest BCUT2D eigenvalue weighted by Crippen LogP contribution is -2.55. The Morgan fingerprint density at radius 2 is 1.54 bits per heavy atom. The molecule has 35 heavy (non-hydrogen) atoms. The summed E-state index contributed by atoms with van der Waals surface area (Å²) in [7, 11) is 0. The van der Waals surface area contributed by atoms with Crippen LogP contribution in [0.3, 0.4) is 0 Å². The fourth-order valence-electron chi connectivity index (χ4n) is 3.71. The van der Waals surface area contributed by atoms with Crippen molar-refractivity contribution in [3.63, 3.8) is 0 Å². The van der Waals surface area contributed by atoms with E-state index < -0.39 is 41.1 Å². The van der Waals surface area contributed by atoms with Crippen molar-refractivity contribution >= 4 is 23.9 Å². The molecule has 9 heteroatoms. The first-order valence-electron chi connectivity index (χ1n) is 11.9. The summed E-state index contributed by atoms with van der Waals surface area (Å²) in [4.78, 5) is 52.4. The van der Waals surface area contributed by atoms with E-state index in [-0.39, 0.29) is 26.1 Å². The Balaban J connectivity index is 3.31. The van der Waals surface area contributed by atoms with Crippen LogP contribution in [0.2, 0.25) is 0 Å². The van der Waals surface area contributed by atoms with Crippen LogP contribution < -0.4 is 10.6 Å². The number of carbonyl (C=O) groups excluding carboxylic acids is 4. The lowest BCUT2D eigenvalue weighted by atomic mass is 9.90. The van der Waals surface area contributed by atoms with Gasteiger partial charge in [-0.25, -0.2) is 4.79 Å². The summed E-state index contributed by atoms with van der Waals surface area (Å²) in [6.45, 7) is 16.1. The number of benzene rings is 1. The van der Waals surface area contributed by atoms with Crippen LogP contribution in [-0.2, 0) is 23.9 Å². The van der Waals surface area contributed by atoms with Crippen molar-refractivity contribution in [3.8, 4) is 0 Å². The summed E-state index contributed by atoms with van der Waals surface area (Å²) in [6.07, 6.45) is -0.704. The predicted octanol–water partition coefficient (Wildman–Crippen LogP) is 3.57. The fraction of sp³-hybridized carbons (Fsp3) is 0.615. The van der Waals surface area contributed by atoms with E-state index in [0.717, 1.165) is 11.1 Å². The van der Waals surface area contributed by atoms with Crippen molar-refractivity contribution in [3.05, 3.63) is 34.9 Å². The quantitative estimate of drug-likeness (QED) is 0.511. The Kier molecular flexibility index (Phi) is 10.7. The van der Waals surface area contributed by atoms with E-state index in [2.05, 4.69) is 10.6 Å². The normalized spacial score (nSPS) is 12.4. The van der Waals surface area contributed by atoms with Gasteiger partial charge in [-0.1, -0.05) is 18.2 Å². The second-order valence-electron chi connectivity index (χ2n) is 10.3. The summed E-state index contributed by atoms with van der Waals surface area (Å²) >= 11 is 0. The summed E-state index contributed by atoms with van der Waals surface area (Å²) in [5.41, 5.74) is 0.901. The van der Waals surface area contributed by atoms with Crippen LogP contribution >= 0.6 is 0 Å². The molecular formula is C26H41N3O6. The molecule has 3 amide bonds. The van der Waals surface area contributed by atoms with Crippen LogP contribution in [-0.4, -0.2) is 59.6 Å². The first-order chi connectivity index (χ1) is 16.1. The molecule has 0 bridgehead atoms. The highest BCUT2D eigenvalue weighted by atomic mass is 16.6. The van der Waals surface area contributed by atoms with E-state index in [1.165, 1.54) is 4.90 Å². The zero-order valence-electron chi connectivity index (χ0n) is 22.5. The van der Waals surface area contributed by atoms with Gasteiger partial charge in [-0.2, -0.15) is 0 Å². The van der Waals surface area contributed by atoms with E-state index in [1.54, 1.807) is 27.7 Å². The van der Waals surface area contributed by atoms with Crippen LogP contribution in [0.25, 0.3) is 0 Å². The molecule has 2 N–H and O–H groups in total. The Morgan fingerprint density at radius 1 is 0.971 bits per heavy atom. The number of hydrogen-bond donors (Lipinski definition) is 2. The molecule has 0 aliphatic carbocycles. The van der Waals surface area contributed by atoms with Gasteiger partial charge in [0.2, 0.25) is 11.8 Å². The van der Waals surface area contributed by atoms with E-state index in [0.29, 0.717) is 5.56 Å². The molecule has 0 aliphatic heterocycles. The zero-order valence-corrected chi connectivity index (χ0v) is 22.5. The van der Waals surface area contributed by atoms with Crippen molar-refractivity contribution in [2.45, 2.75) is 85.9 Å². The number of nitrogens with one attached hydrogen (secondary N) is 2. The first kappa shape index (κ1) is 29.9. The van der Waals surface area contributed by atoms with Crippen molar-refractivity contribution in [1.29, 1.82) is 0 Å². The SMILES string of the molecule is CCOC(=O)CCNC(=O)C(c1c(C)cccc1C)N(C(=O)CNC(=O)OC(C)(C)C)C(C)(C)C. The molecule has 1 rings (SSSR count). The highest BCUT2D eigenvalue weighted by molar-refractivity contribution is 5.91. The molecule has 0 spiro atoms. The van der Waals surface area contributed by atoms with E-state index in [9.17, 15) is 19.2 Å². The summed E-state index contributed by atoms with van der Waals surface area (Å²) < 4.78 is 10.2. The molecule has 9 nitrogen and oxygen atoms in total. The Bertz CT molecular complexity index is 894. The van der Waals surface area contributed by atoms with Crippen LogP contribution in [0.1, 0.15) is 77.6 Å². The second-order valence-corrected chi connectivity index (χ2v) is 10.3. The molecule has 1 aromatic carbocycles. The molecule has 0 saturated carbocycles. The third kappa shape index (κ3) is 9.58. The molecule has 196 valence electrons. The van der Waals surface area contributed by atoms with Crippen LogP contribution in [0.4, 0.5) is 4.79 Å². The average molecular weight is 492 g/mol. The minimum atomic E-state index is -0.980. The van der Waals surface area contributed by atoms with E-state index >= 15 is 0 Å². The predicted molar refractivity (Wildman–Crippen MR) is 134 cm³/mol. The maximum absolute atomic E-state index is 13.5. The summed E-state index contributed by atoms with van der Waals surface area (Å²) in [6, 6.07) is 4.67. The van der Waals surface area contributed by atoms with Gasteiger partial charge in [-0.3, -0.25) is 14.4 Å². The van der Waals surface area contributed by atoms with Crippen LogP contribution in [0.5, 0.6) is 0 Å². The van der Waals surface area contributed by atoms with Gasteiger partial charge >= 0.3 is 12.1 Å². The second kappa shape index (κ2) is 12.6.